The van der Waals surface area contributed by atoms with Crippen molar-refractivity contribution in [2.45, 2.75) is 46.1 Å². The van der Waals surface area contributed by atoms with Crippen LogP contribution in [-0.2, 0) is 11.2 Å². The number of hydrogen-bond acceptors (Lipinski definition) is 4. The van der Waals surface area contributed by atoms with Crippen LogP contribution in [0.3, 0.4) is 0 Å². The van der Waals surface area contributed by atoms with E-state index in [1.54, 1.807) is 18.4 Å². The average Bonchev–Trinajstić information content (AvgIpc) is 3.25. The summed E-state index contributed by atoms with van der Waals surface area (Å²) >= 11 is 1.68. The maximum Gasteiger partial charge on any atom is 0.228 e. The lowest BCUT2D eigenvalue weighted by atomic mass is 10.0. The van der Waals surface area contributed by atoms with Gasteiger partial charge >= 0.3 is 0 Å². The lowest BCUT2D eigenvalue weighted by molar-refractivity contribution is -0.122. The molecule has 0 radical (unpaired) electrons. The van der Waals surface area contributed by atoms with E-state index in [-0.39, 0.29) is 17.9 Å². The van der Waals surface area contributed by atoms with Crippen molar-refractivity contribution in [1.82, 2.24) is 5.32 Å². The van der Waals surface area contributed by atoms with Gasteiger partial charge < -0.3 is 14.8 Å². The molecule has 3 aromatic rings. The number of carbonyl (C=O) groups excluding carboxylic acids is 1. The van der Waals surface area contributed by atoms with E-state index in [2.05, 4.69) is 48.6 Å². The number of aryl methyl sites for hydroxylation is 1. The summed E-state index contributed by atoms with van der Waals surface area (Å²) in [7, 11) is 1.64. The zero-order valence-electron chi connectivity index (χ0n) is 18.9. The van der Waals surface area contributed by atoms with E-state index >= 15 is 0 Å². The predicted molar refractivity (Wildman–Crippen MR) is 128 cm³/mol. The SMILES string of the molecule is CCOc1ccc(CC(C)NC(=O)C(C)c2ccc(-c3ccc(C)cc3)s2)cc1OC. The van der Waals surface area contributed by atoms with Crippen LogP contribution in [0.1, 0.15) is 42.7 Å². The maximum absolute atomic E-state index is 12.8. The first-order valence-electron chi connectivity index (χ1n) is 10.7. The summed E-state index contributed by atoms with van der Waals surface area (Å²) < 4.78 is 11.0. The van der Waals surface area contributed by atoms with E-state index in [9.17, 15) is 4.79 Å². The van der Waals surface area contributed by atoms with Gasteiger partial charge in [0.1, 0.15) is 0 Å². The van der Waals surface area contributed by atoms with Gasteiger partial charge in [-0.25, -0.2) is 0 Å². The molecular weight excluding hydrogens is 406 g/mol. The number of amides is 1. The van der Waals surface area contributed by atoms with E-state index in [1.165, 1.54) is 16.0 Å². The molecule has 2 unspecified atom stereocenters. The van der Waals surface area contributed by atoms with Gasteiger partial charge in [-0.05, 0) is 69.5 Å². The molecule has 5 heteroatoms. The minimum atomic E-state index is -0.193. The zero-order valence-corrected chi connectivity index (χ0v) is 19.7. The summed E-state index contributed by atoms with van der Waals surface area (Å²) in [5.74, 6) is 1.30. The van der Waals surface area contributed by atoms with Crippen molar-refractivity contribution in [3.63, 3.8) is 0 Å². The molecular formula is C26H31NO3S. The Bertz CT molecular complexity index is 1010. The number of methoxy groups -OCH3 is 1. The van der Waals surface area contributed by atoms with Crippen molar-refractivity contribution in [3.8, 4) is 21.9 Å². The first kappa shape index (κ1) is 22.9. The van der Waals surface area contributed by atoms with Crippen molar-refractivity contribution in [3.05, 3.63) is 70.6 Å². The second-order valence-electron chi connectivity index (χ2n) is 7.82. The molecule has 0 saturated heterocycles. The summed E-state index contributed by atoms with van der Waals surface area (Å²) in [6.07, 6.45) is 0.723. The number of thiophene rings is 1. The summed E-state index contributed by atoms with van der Waals surface area (Å²) in [5.41, 5.74) is 3.53. The highest BCUT2D eigenvalue weighted by atomic mass is 32.1. The molecule has 0 aliphatic rings. The molecule has 0 saturated carbocycles. The third kappa shape index (κ3) is 5.88. The third-order valence-electron chi connectivity index (χ3n) is 5.24. The van der Waals surface area contributed by atoms with Gasteiger partial charge in [-0.15, -0.1) is 11.3 Å². The van der Waals surface area contributed by atoms with Gasteiger partial charge in [0.15, 0.2) is 11.5 Å². The number of carbonyl (C=O) groups is 1. The minimum absolute atomic E-state index is 0.00845. The molecule has 0 aliphatic heterocycles. The van der Waals surface area contributed by atoms with E-state index in [1.807, 2.05) is 39.0 Å². The Morgan fingerprint density at radius 1 is 1.03 bits per heavy atom. The molecule has 0 spiro atoms. The monoisotopic (exact) mass is 437 g/mol. The Balaban J connectivity index is 1.61. The Morgan fingerprint density at radius 3 is 2.45 bits per heavy atom. The molecule has 1 heterocycles. The molecule has 2 atom stereocenters. The first-order valence-corrected chi connectivity index (χ1v) is 11.5. The van der Waals surface area contributed by atoms with Gasteiger partial charge in [0.25, 0.3) is 0 Å². The number of ether oxygens (including phenoxy) is 2. The van der Waals surface area contributed by atoms with E-state index in [4.69, 9.17) is 9.47 Å². The normalized spacial score (nSPS) is 12.8. The fourth-order valence-corrected chi connectivity index (χ4v) is 4.54. The summed E-state index contributed by atoms with van der Waals surface area (Å²) in [5, 5.41) is 3.16. The van der Waals surface area contributed by atoms with Crippen LogP contribution in [0.15, 0.2) is 54.6 Å². The summed E-state index contributed by atoms with van der Waals surface area (Å²) in [4.78, 5) is 15.1. The van der Waals surface area contributed by atoms with E-state index in [0.717, 1.165) is 22.6 Å². The van der Waals surface area contributed by atoms with Crippen molar-refractivity contribution in [2.24, 2.45) is 0 Å². The highest BCUT2D eigenvalue weighted by molar-refractivity contribution is 7.15. The molecule has 164 valence electrons. The van der Waals surface area contributed by atoms with Gasteiger partial charge in [-0.2, -0.15) is 0 Å². The molecule has 1 N–H and O–H groups in total. The summed E-state index contributed by atoms with van der Waals surface area (Å²) in [6.45, 7) is 8.62. The number of rotatable bonds is 9. The quantitative estimate of drug-likeness (QED) is 0.448. The number of hydrogen-bond donors (Lipinski definition) is 1. The minimum Gasteiger partial charge on any atom is -0.493 e. The second kappa shape index (κ2) is 10.5. The Labute approximate surface area is 189 Å². The average molecular weight is 438 g/mol. The third-order valence-corrected chi connectivity index (χ3v) is 6.56. The van der Waals surface area contributed by atoms with E-state index < -0.39 is 0 Å². The molecule has 2 aromatic carbocycles. The molecule has 4 nitrogen and oxygen atoms in total. The van der Waals surface area contributed by atoms with Gasteiger partial charge in [0.05, 0.1) is 19.6 Å². The van der Waals surface area contributed by atoms with Crippen molar-refractivity contribution >= 4 is 17.2 Å². The summed E-state index contributed by atoms with van der Waals surface area (Å²) in [6, 6.07) is 18.6. The molecule has 3 rings (SSSR count). The van der Waals surface area contributed by atoms with Crippen LogP contribution in [0.4, 0.5) is 0 Å². The molecule has 31 heavy (non-hydrogen) atoms. The molecule has 1 aromatic heterocycles. The standard InChI is InChI=1S/C26H31NO3S/c1-6-30-22-12-9-20(16-23(22)29-5)15-18(3)27-26(28)19(4)24-13-14-25(31-24)21-10-7-17(2)8-11-21/h7-14,16,18-19H,6,15H2,1-5H3,(H,27,28). The number of nitrogens with one attached hydrogen (secondary N) is 1. The molecule has 0 bridgehead atoms. The molecule has 0 fully saturated rings. The van der Waals surface area contributed by atoms with Gasteiger partial charge in [0, 0.05) is 15.8 Å². The van der Waals surface area contributed by atoms with Crippen molar-refractivity contribution < 1.29 is 14.3 Å². The zero-order chi connectivity index (χ0) is 22.4. The smallest absolute Gasteiger partial charge is 0.228 e. The maximum atomic E-state index is 12.8. The lowest BCUT2D eigenvalue weighted by Gasteiger charge is -2.18. The van der Waals surface area contributed by atoms with Crippen LogP contribution >= 0.6 is 11.3 Å². The molecule has 1 amide bonds. The highest BCUT2D eigenvalue weighted by Crippen LogP contribution is 2.33. The fourth-order valence-electron chi connectivity index (χ4n) is 3.47. The van der Waals surface area contributed by atoms with Crippen LogP contribution in [0.2, 0.25) is 0 Å². The van der Waals surface area contributed by atoms with Crippen LogP contribution in [-0.4, -0.2) is 25.7 Å². The Morgan fingerprint density at radius 2 is 1.77 bits per heavy atom. The van der Waals surface area contributed by atoms with E-state index in [0.29, 0.717) is 12.4 Å². The largest absolute Gasteiger partial charge is 0.493 e. The van der Waals surface area contributed by atoms with Gasteiger partial charge in [-0.3, -0.25) is 4.79 Å². The predicted octanol–water partition coefficient (Wildman–Crippen LogP) is 5.98. The van der Waals surface area contributed by atoms with Crippen molar-refractivity contribution in [2.75, 3.05) is 13.7 Å². The fraction of sp³-hybridized carbons (Fsp3) is 0.346. The topological polar surface area (TPSA) is 47.6 Å². The molecule has 0 aliphatic carbocycles. The lowest BCUT2D eigenvalue weighted by Crippen LogP contribution is -2.36. The Kier molecular flexibility index (Phi) is 7.75. The van der Waals surface area contributed by atoms with Gasteiger partial charge in [-0.1, -0.05) is 35.9 Å². The van der Waals surface area contributed by atoms with Crippen molar-refractivity contribution in [1.29, 1.82) is 0 Å². The van der Waals surface area contributed by atoms with Crippen LogP contribution in [0.5, 0.6) is 11.5 Å². The Hall–Kier alpha value is -2.79. The van der Waals surface area contributed by atoms with Crippen LogP contribution in [0.25, 0.3) is 10.4 Å². The second-order valence-corrected chi connectivity index (χ2v) is 8.94. The first-order chi connectivity index (χ1) is 14.9. The van der Waals surface area contributed by atoms with Crippen LogP contribution in [0, 0.1) is 6.92 Å². The highest BCUT2D eigenvalue weighted by Gasteiger charge is 2.20. The van der Waals surface area contributed by atoms with Gasteiger partial charge in [0.2, 0.25) is 5.91 Å². The van der Waals surface area contributed by atoms with Crippen LogP contribution < -0.4 is 14.8 Å². The number of benzene rings is 2.